The van der Waals surface area contributed by atoms with Crippen LogP contribution >= 0.6 is 19.1 Å². The summed E-state index contributed by atoms with van der Waals surface area (Å²) in [6.07, 6.45) is 0. The van der Waals surface area contributed by atoms with Crippen LogP contribution in [0.5, 0.6) is 0 Å². The van der Waals surface area contributed by atoms with E-state index in [1.807, 2.05) is 0 Å². The van der Waals surface area contributed by atoms with Crippen molar-refractivity contribution in [2.45, 2.75) is 0 Å². The third-order valence-electron chi connectivity index (χ3n) is 0.125. The number of halogens is 2. The largest absolute Gasteiger partial charge is 0.679 e. The van der Waals surface area contributed by atoms with Gasteiger partial charge in [0.1, 0.15) is 0 Å². The predicted molar refractivity (Wildman–Crippen MR) is 30.1 cm³/mol. The summed E-state index contributed by atoms with van der Waals surface area (Å²) >= 11 is -0.106. The van der Waals surface area contributed by atoms with Crippen molar-refractivity contribution in [3.05, 3.63) is 11.5 Å². The second-order valence-corrected chi connectivity index (χ2v) is 2.91. The summed E-state index contributed by atoms with van der Waals surface area (Å²) < 4.78 is 0. The summed E-state index contributed by atoms with van der Waals surface area (Å²) in [5.74, 6) is 0. The van der Waals surface area contributed by atoms with E-state index in [2.05, 4.69) is 0 Å². The van der Waals surface area contributed by atoms with Crippen LogP contribution in [0.4, 0.5) is 0 Å². The maximum Gasteiger partial charge on any atom is -0.171 e. The second kappa shape index (κ2) is 15.7. The molecular weight excluding hydrogens is 229 g/mol. The first-order valence-electron chi connectivity index (χ1n) is 1.45. The summed E-state index contributed by atoms with van der Waals surface area (Å²) in [5, 5.41) is 0. The molecule has 0 saturated heterocycles. The van der Waals surface area contributed by atoms with Gasteiger partial charge < -0.3 is 11.5 Å². The molecule has 0 aliphatic heterocycles. The number of hydrogen-bond donors (Lipinski definition) is 0. The standard InChI is InChI=1S/C2H6N2.2ClH.Pd/c3-1-2-4;;;/h3-4H,1-2H2;2*1H;/q-2;;;+2/p-2. The Morgan fingerprint density at radius 2 is 1.29 bits per heavy atom. The third kappa shape index (κ3) is 40.8. The number of nitrogens with one attached hydrogen (secondary N) is 2. The monoisotopic (exact) mass is 234 g/mol. The fraction of sp³-hybridized carbons (Fsp3) is 1.00. The van der Waals surface area contributed by atoms with Crippen LogP contribution in [0.25, 0.3) is 11.5 Å². The Morgan fingerprint density at radius 3 is 1.29 bits per heavy atom. The van der Waals surface area contributed by atoms with Gasteiger partial charge in [-0.3, -0.25) is 0 Å². The molecule has 0 bridgehead atoms. The zero-order chi connectivity index (χ0) is 6.12. The summed E-state index contributed by atoms with van der Waals surface area (Å²) in [7, 11) is 9.63. The smallest absolute Gasteiger partial charge is 0.171 e. The van der Waals surface area contributed by atoms with Crippen molar-refractivity contribution in [3.63, 3.8) is 0 Å². The minimum absolute atomic E-state index is 0.106. The van der Waals surface area contributed by atoms with Crippen LogP contribution in [-0.2, 0) is 15.9 Å². The van der Waals surface area contributed by atoms with Gasteiger partial charge in [0.15, 0.2) is 0 Å². The third-order valence-corrected chi connectivity index (χ3v) is 0.125. The number of hydrogen-bond acceptors (Lipinski definition) is 0. The maximum absolute atomic E-state index is 6.26. The van der Waals surface area contributed by atoms with Gasteiger partial charge in [-0.15, -0.1) is 0 Å². The van der Waals surface area contributed by atoms with Crippen LogP contribution < -0.4 is 0 Å². The summed E-state index contributed by atoms with van der Waals surface area (Å²) in [6.45, 7) is 0.472. The van der Waals surface area contributed by atoms with E-state index in [9.17, 15) is 0 Å². The maximum atomic E-state index is 6.26. The van der Waals surface area contributed by atoms with E-state index in [0.29, 0.717) is 0 Å². The molecule has 0 unspecified atom stereocenters. The first-order valence-corrected chi connectivity index (χ1v) is 5.45. The summed E-state index contributed by atoms with van der Waals surface area (Å²) in [4.78, 5) is 0. The molecule has 0 heterocycles. The minimum atomic E-state index is -0.106. The molecule has 7 heavy (non-hydrogen) atoms. The Hall–Kier alpha value is 1.16. The van der Waals surface area contributed by atoms with Crippen molar-refractivity contribution >= 4 is 19.1 Å². The van der Waals surface area contributed by atoms with Crippen LogP contribution in [0.3, 0.4) is 0 Å². The zero-order valence-corrected chi connectivity index (χ0v) is 6.55. The fourth-order valence-electron chi connectivity index (χ4n) is 0. The SMILES string of the molecule is [Cl][Pd][Cl].[NH-]CC[NH-]. The molecule has 0 fully saturated rings. The van der Waals surface area contributed by atoms with Crippen molar-refractivity contribution in [3.8, 4) is 0 Å². The van der Waals surface area contributed by atoms with Gasteiger partial charge >= 0.3 is 35.0 Å². The van der Waals surface area contributed by atoms with Gasteiger partial charge in [0, 0.05) is 0 Å². The Kier molecular flexibility index (Phi) is 24.7. The van der Waals surface area contributed by atoms with E-state index in [4.69, 9.17) is 30.5 Å². The van der Waals surface area contributed by atoms with E-state index in [0.717, 1.165) is 0 Å². The molecule has 0 amide bonds. The van der Waals surface area contributed by atoms with Crippen LogP contribution in [0.1, 0.15) is 0 Å². The first kappa shape index (κ1) is 11.0. The Morgan fingerprint density at radius 1 is 1.14 bits per heavy atom. The van der Waals surface area contributed by atoms with Crippen LogP contribution in [-0.4, -0.2) is 13.1 Å². The van der Waals surface area contributed by atoms with Crippen LogP contribution in [0.15, 0.2) is 0 Å². The quantitative estimate of drug-likeness (QED) is 0.627. The van der Waals surface area contributed by atoms with Crippen LogP contribution in [0.2, 0.25) is 0 Å². The van der Waals surface area contributed by atoms with E-state index >= 15 is 0 Å². The van der Waals surface area contributed by atoms with Gasteiger partial charge in [0.2, 0.25) is 0 Å². The van der Waals surface area contributed by atoms with Crippen molar-refractivity contribution in [2.24, 2.45) is 0 Å². The van der Waals surface area contributed by atoms with E-state index < -0.39 is 0 Å². The molecule has 0 aliphatic carbocycles. The fourth-order valence-corrected chi connectivity index (χ4v) is 0. The normalized spacial score (nSPS) is 7.43. The molecule has 50 valence electrons. The van der Waals surface area contributed by atoms with E-state index in [-0.39, 0.29) is 29.0 Å². The second-order valence-electron chi connectivity index (χ2n) is 0.545. The molecule has 0 radical (unpaired) electrons. The van der Waals surface area contributed by atoms with E-state index in [1.165, 1.54) is 0 Å². The van der Waals surface area contributed by atoms with Gasteiger partial charge in [-0.25, -0.2) is 0 Å². The zero-order valence-electron chi connectivity index (χ0n) is 3.49. The van der Waals surface area contributed by atoms with Gasteiger partial charge in [-0.2, -0.15) is 13.1 Å². The average Bonchev–Trinajstić information content (AvgIpc) is 1.69. The van der Waals surface area contributed by atoms with Crippen molar-refractivity contribution in [2.75, 3.05) is 13.1 Å². The molecule has 2 N–H and O–H groups in total. The topological polar surface area (TPSA) is 47.6 Å². The summed E-state index contributed by atoms with van der Waals surface area (Å²) in [5.41, 5.74) is 12.5. The van der Waals surface area contributed by atoms with Gasteiger partial charge in [0.05, 0.1) is 0 Å². The van der Waals surface area contributed by atoms with Crippen molar-refractivity contribution in [1.82, 2.24) is 0 Å². The van der Waals surface area contributed by atoms with Crippen molar-refractivity contribution in [1.29, 1.82) is 0 Å². The van der Waals surface area contributed by atoms with Gasteiger partial charge in [0.25, 0.3) is 0 Å². The van der Waals surface area contributed by atoms with Crippen molar-refractivity contribution < 1.29 is 15.9 Å². The Balaban J connectivity index is 0. The molecule has 0 atom stereocenters. The molecule has 0 spiro atoms. The van der Waals surface area contributed by atoms with Crippen LogP contribution in [0, 0.1) is 0 Å². The predicted octanol–water partition coefficient (Wildman–Crippen LogP) is 2.47. The molecule has 0 aromatic heterocycles. The minimum Gasteiger partial charge on any atom is -0.679 e. The Labute approximate surface area is 59.6 Å². The molecular formula is C2H6Cl2N2Pd-2. The van der Waals surface area contributed by atoms with Gasteiger partial charge in [-0.1, -0.05) is 0 Å². The Bertz CT molecular complexity index is 21.2. The molecule has 0 aromatic carbocycles. The summed E-state index contributed by atoms with van der Waals surface area (Å²) in [6, 6.07) is 0. The molecule has 0 aromatic rings. The molecule has 0 rings (SSSR count). The molecule has 0 saturated carbocycles. The van der Waals surface area contributed by atoms with E-state index in [1.54, 1.807) is 0 Å². The van der Waals surface area contributed by atoms with Gasteiger partial charge in [-0.05, 0) is 0 Å². The molecule has 5 heteroatoms. The average molecular weight is 235 g/mol. The molecule has 2 nitrogen and oxygen atoms in total. The molecule has 0 aliphatic rings. The first-order chi connectivity index (χ1) is 3.33. The number of rotatable bonds is 1.